The molecular formula is C13H13NO2S. The summed E-state index contributed by atoms with van der Waals surface area (Å²) in [5, 5.41) is 0.664. The number of ketones is 1. The van der Waals surface area contributed by atoms with E-state index in [0.29, 0.717) is 11.6 Å². The fraction of sp³-hybridized carbons (Fsp3) is 0.231. The maximum absolute atomic E-state index is 11.8. The van der Waals surface area contributed by atoms with Crippen LogP contribution in [0.25, 0.3) is 0 Å². The van der Waals surface area contributed by atoms with E-state index in [1.165, 1.54) is 11.8 Å². The highest BCUT2D eigenvalue weighted by molar-refractivity contribution is 7.99. The first-order chi connectivity index (χ1) is 8.36. The van der Waals surface area contributed by atoms with Gasteiger partial charge in [0, 0.05) is 17.7 Å². The number of aromatic nitrogens is 1. The molecule has 0 bridgehead atoms. The minimum atomic E-state index is 0.193. The van der Waals surface area contributed by atoms with Gasteiger partial charge in [-0.2, -0.15) is 0 Å². The average Bonchev–Trinajstić information content (AvgIpc) is 2.88. The van der Waals surface area contributed by atoms with Crippen LogP contribution < -0.4 is 0 Å². The Balaban J connectivity index is 1.70. The lowest BCUT2D eigenvalue weighted by Gasteiger charge is -1.99. The van der Waals surface area contributed by atoms with Crippen molar-refractivity contribution in [2.45, 2.75) is 18.1 Å². The number of carbonyl (C=O) groups is 1. The Labute approximate surface area is 104 Å². The van der Waals surface area contributed by atoms with Crippen LogP contribution in [-0.2, 0) is 0 Å². The second-order valence-corrected chi connectivity index (χ2v) is 4.59. The molecule has 0 spiro atoms. The van der Waals surface area contributed by atoms with Crippen molar-refractivity contribution in [1.29, 1.82) is 0 Å². The number of nitrogens with zero attached hydrogens (tertiary/aromatic N) is 1. The number of thioether (sulfide) groups is 1. The molecule has 0 N–H and O–H groups in total. The van der Waals surface area contributed by atoms with Crippen molar-refractivity contribution in [3.05, 3.63) is 48.4 Å². The number of benzene rings is 1. The van der Waals surface area contributed by atoms with Gasteiger partial charge in [-0.25, -0.2) is 4.98 Å². The van der Waals surface area contributed by atoms with Gasteiger partial charge >= 0.3 is 0 Å². The summed E-state index contributed by atoms with van der Waals surface area (Å²) < 4.78 is 5.09. The van der Waals surface area contributed by atoms with Gasteiger partial charge in [0.1, 0.15) is 6.26 Å². The standard InChI is InChI=1S/C13H13NO2S/c15-12(11-5-2-1-3-6-11)7-4-10-17-13-14-8-9-16-13/h1-3,5-6,8-9H,4,7,10H2. The van der Waals surface area contributed by atoms with Gasteiger partial charge in [-0.1, -0.05) is 42.1 Å². The van der Waals surface area contributed by atoms with Crippen LogP contribution in [0.1, 0.15) is 23.2 Å². The molecule has 0 saturated heterocycles. The van der Waals surface area contributed by atoms with E-state index in [4.69, 9.17) is 4.42 Å². The van der Waals surface area contributed by atoms with Crippen LogP contribution in [0.2, 0.25) is 0 Å². The van der Waals surface area contributed by atoms with Crippen molar-refractivity contribution < 1.29 is 9.21 Å². The van der Waals surface area contributed by atoms with Crippen LogP contribution in [0.4, 0.5) is 0 Å². The van der Waals surface area contributed by atoms with Crippen LogP contribution in [-0.4, -0.2) is 16.5 Å². The molecule has 0 aliphatic carbocycles. The molecule has 4 heteroatoms. The Bertz CT molecular complexity index is 454. The lowest BCUT2D eigenvalue weighted by molar-refractivity contribution is 0.0982. The smallest absolute Gasteiger partial charge is 0.255 e. The summed E-state index contributed by atoms with van der Waals surface area (Å²) in [6, 6.07) is 9.38. The summed E-state index contributed by atoms with van der Waals surface area (Å²) in [5.74, 6) is 1.04. The first-order valence-electron chi connectivity index (χ1n) is 5.47. The zero-order chi connectivity index (χ0) is 11.9. The largest absolute Gasteiger partial charge is 0.440 e. The summed E-state index contributed by atoms with van der Waals surface area (Å²) in [6.45, 7) is 0. The molecule has 1 aromatic heterocycles. The Kier molecular flexibility index (Phi) is 4.38. The minimum absolute atomic E-state index is 0.193. The van der Waals surface area contributed by atoms with E-state index in [2.05, 4.69) is 4.98 Å². The molecule has 3 nitrogen and oxygen atoms in total. The highest BCUT2D eigenvalue weighted by atomic mass is 32.2. The fourth-order valence-electron chi connectivity index (χ4n) is 1.44. The molecule has 0 amide bonds. The van der Waals surface area contributed by atoms with E-state index >= 15 is 0 Å². The highest BCUT2D eigenvalue weighted by Gasteiger charge is 2.05. The first kappa shape index (κ1) is 11.9. The number of Topliss-reactive ketones (excluding diaryl/α,β-unsaturated/α-hetero) is 1. The van der Waals surface area contributed by atoms with E-state index in [9.17, 15) is 4.79 Å². The fourth-order valence-corrected chi connectivity index (χ4v) is 2.16. The molecule has 0 atom stereocenters. The molecular weight excluding hydrogens is 234 g/mol. The molecule has 0 fully saturated rings. The summed E-state index contributed by atoms with van der Waals surface area (Å²) >= 11 is 1.53. The van der Waals surface area contributed by atoms with Gasteiger partial charge in [0.2, 0.25) is 0 Å². The Morgan fingerprint density at radius 2 is 2.12 bits per heavy atom. The van der Waals surface area contributed by atoms with E-state index in [-0.39, 0.29) is 5.78 Å². The Morgan fingerprint density at radius 1 is 1.29 bits per heavy atom. The van der Waals surface area contributed by atoms with Crippen LogP contribution >= 0.6 is 11.8 Å². The van der Waals surface area contributed by atoms with Crippen molar-refractivity contribution in [2.75, 3.05) is 5.75 Å². The molecule has 2 aromatic rings. The van der Waals surface area contributed by atoms with Crippen molar-refractivity contribution >= 4 is 17.5 Å². The molecule has 1 aromatic carbocycles. The quantitative estimate of drug-likeness (QED) is 0.445. The normalized spacial score (nSPS) is 10.4. The summed E-state index contributed by atoms with van der Waals surface area (Å²) in [4.78, 5) is 15.8. The van der Waals surface area contributed by atoms with Crippen LogP contribution in [0.15, 0.2) is 52.4 Å². The molecule has 1 heterocycles. The molecule has 0 saturated carbocycles. The monoisotopic (exact) mass is 247 g/mol. The van der Waals surface area contributed by atoms with Gasteiger partial charge < -0.3 is 4.42 Å². The zero-order valence-electron chi connectivity index (χ0n) is 9.33. The van der Waals surface area contributed by atoms with Gasteiger partial charge in [-0.3, -0.25) is 4.79 Å². The van der Waals surface area contributed by atoms with E-state index < -0.39 is 0 Å². The third kappa shape index (κ3) is 3.75. The molecule has 17 heavy (non-hydrogen) atoms. The second-order valence-electron chi connectivity index (χ2n) is 3.54. The molecule has 88 valence electrons. The van der Waals surface area contributed by atoms with Crippen LogP contribution in [0.5, 0.6) is 0 Å². The zero-order valence-corrected chi connectivity index (χ0v) is 10.2. The van der Waals surface area contributed by atoms with E-state index in [1.807, 2.05) is 30.3 Å². The molecule has 0 unspecified atom stereocenters. The molecule has 0 radical (unpaired) electrons. The van der Waals surface area contributed by atoms with E-state index in [0.717, 1.165) is 17.7 Å². The van der Waals surface area contributed by atoms with Crippen LogP contribution in [0, 0.1) is 0 Å². The lowest BCUT2D eigenvalue weighted by Crippen LogP contribution is -1.99. The summed E-state index contributed by atoms with van der Waals surface area (Å²) in [7, 11) is 0. The number of rotatable bonds is 6. The van der Waals surface area contributed by atoms with Gasteiger partial charge in [0.25, 0.3) is 5.22 Å². The van der Waals surface area contributed by atoms with Crippen LogP contribution in [0.3, 0.4) is 0 Å². The van der Waals surface area contributed by atoms with Crippen molar-refractivity contribution in [3.63, 3.8) is 0 Å². The highest BCUT2D eigenvalue weighted by Crippen LogP contribution is 2.17. The van der Waals surface area contributed by atoms with Gasteiger partial charge in [0.05, 0.1) is 6.20 Å². The van der Waals surface area contributed by atoms with Crippen molar-refractivity contribution in [1.82, 2.24) is 4.98 Å². The maximum Gasteiger partial charge on any atom is 0.255 e. The number of hydrogen-bond acceptors (Lipinski definition) is 4. The van der Waals surface area contributed by atoms with Crippen molar-refractivity contribution in [3.8, 4) is 0 Å². The predicted octanol–water partition coefficient (Wildman–Crippen LogP) is 3.43. The first-order valence-corrected chi connectivity index (χ1v) is 6.45. The molecule has 0 aliphatic rings. The number of oxazole rings is 1. The Morgan fingerprint density at radius 3 is 2.82 bits per heavy atom. The average molecular weight is 247 g/mol. The molecule has 0 aliphatic heterocycles. The third-order valence-corrected chi connectivity index (χ3v) is 3.22. The van der Waals surface area contributed by atoms with Gasteiger partial charge in [-0.15, -0.1) is 0 Å². The maximum atomic E-state index is 11.8. The lowest BCUT2D eigenvalue weighted by atomic mass is 10.1. The number of hydrogen-bond donors (Lipinski definition) is 0. The van der Waals surface area contributed by atoms with E-state index in [1.54, 1.807) is 12.5 Å². The third-order valence-electron chi connectivity index (χ3n) is 2.28. The topological polar surface area (TPSA) is 43.1 Å². The second kappa shape index (κ2) is 6.25. The van der Waals surface area contributed by atoms with Gasteiger partial charge in [-0.05, 0) is 6.42 Å². The van der Waals surface area contributed by atoms with Crippen molar-refractivity contribution in [2.24, 2.45) is 0 Å². The number of carbonyl (C=O) groups excluding carboxylic acids is 1. The summed E-state index contributed by atoms with van der Waals surface area (Å²) in [5.41, 5.74) is 0.786. The SMILES string of the molecule is O=C(CCCSc1ncco1)c1ccccc1. The summed E-state index contributed by atoms with van der Waals surface area (Å²) in [6.07, 6.45) is 4.58. The predicted molar refractivity (Wildman–Crippen MR) is 67.2 cm³/mol. The minimum Gasteiger partial charge on any atom is -0.440 e. The van der Waals surface area contributed by atoms with Gasteiger partial charge in [0.15, 0.2) is 5.78 Å². The Hall–Kier alpha value is -1.55. The molecule has 2 rings (SSSR count).